The van der Waals surface area contributed by atoms with E-state index in [-0.39, 0.29) is 12.4 Å². The van der Waals surface area contributed by atoms with Crippen molar-refractivity contribution in [2.45, 2.75) is 38.4 Å². The lowest BCUT2D eigenvalue weighted by atomic mass is 9.87. The summed E-state index contributed by atoms with van der Waals surface area (Å²) in [6, 6.07) is 12.6. The van der Waals surface area contributed by atoms with Gasteiger partial charge in [-0.05, 0) is 74.7 Å². The molecule has 7 nitrogen and oxygen atoms in total. The van der Waals surface area contributed by atoms with Crippen LogP contribution in [-0.2, 0) is 22.2 Å². The van der Waals surface area contributed by atoms with Gasteiger partial charge in [-0.25, -0.2) is 9.18 Å². The number of ether oxygens (including phenoxy) is 2. The number of benzene rings is 3. The van der Waals surface area contributed by atoms with Gasteiger partial charge >= 0.3 is 12.1 Å². The summed E-state index contributed by atoms with van der Waals surface area (Å²) in [5.74, 6) is -2.22. The fourth-order valence-electron chi connectivity index (χ4n) is 4.04. The first-order valence-electron chi connectivity index (χ1n) is 12.5. The second kappa shape index (κ2) is 17.3. The third-order valence-electron chi connectivity index (χ3n) is 5.75. The number of halogens is 4. The lowest BCUT2D eigenvalue weighted by Crippen LogP contribution is -2.22. The number of hydrogen-bond donors (Lipinski definition) is 3. The van der Waals surface area contributed by atoms with Crippen LogP contribution in [0.2, 0.25) is 0 Å². The Morgan fingerprint density at radius 3 is 2.29 bits per heavy atom. The number of carboxylic acids is 1. The Morgan fingerprint density at radius 1 is 1.07 bits per heavy atom. The van der Waals surface area contributed by atoms with Gasteiger partial charge in [-0.1, -0.05) is 36.9 Å². The van der Waals surface area contributed by atoms with E-state index >= 15 is 0 Å². The molecule has 0 aliphatic heterocycles. The van der Waals surface area contributed by atoms with Crippen LogP contribution in [0.5, 0.6) is 23.0 Å². The van der Waals surface area contributed by atoms with E-state index in [2.05, 4.69) is 30.3 Å². The maximum atomic E-state index is 12.9. The van der Waals surface area contributed by atoms with E-state index in [1.54, 1.807) is 0 Å². The van der Waals surface area contributed by atoms with E-state index in [0.29, 0.717) is 17.4 Å². The number of aliphatic carboxylic acids is 1. The van der Waals surface area contributed by atoms with Gasteiger partial charge in [0.15, 0.2) is 18.1 Å². The topological polar surface area (TPSA) is 105 Å². The molecule has 3 aromatic rings. The third-order valence-corrected chi connectivity index (χ3v) is 5.75. The van der Waals surface area contributed by atoms with Crippen LogP contribution in [0.3, 0.4) is 0 Å². The number of nitrogens with one attached hydrogen (secondary N) is 1. The van der Waals surface area contributed by atoms with Crippen molar-refractivity contribution < 1.29 is 46.8 Å². The number of phenols is 1. The lowest BCUT2D eigenvalue weighted by Gasteiger charge is -2.26. The van der Waals surface area contributed by atoms with Crippen LogP contribution in [0.1, 0.15) is 41.1 Å². The maximum Gasteiger partial charge on any atom is 0.419 e. The smallest absolute Gasteiger partial charge is 0.419 e. The number of phenolic OH excluding ortho intramolecular Hbond substituents is 1. The molecular formula is C31H33F4NO6. The molecule has 0 radical (unpaired) electrons. The second-order valence-electron chi connectivity index (χ2n) is 8.70. The largest absolute Gasteiger partial charge is 0.504 e. The van der Waals surface area contributed by atoms with Gasteiger partial charge in [-0.2, -0.15) is 13.2 Å². The van der Waals surface area contributed by atoms with Crippen LogP contribution in [0.15, 0.2) is 73.5 Å². The molecule has 4 rings (SSSR count). The summed E-state index contributed by atoms with van der Waals surface area (Å²) >= 11 is 0. The number of carboxylic acid groups (broad SMARTS) is 1. The molecule has 3 N–H and O–H groups in total. The zero-order chi connectivity index (χ0) is 31.9. The highest BCUT2D eigenvalue weighted by atomic mass is 19.4. The van der Waals surface area contributed by atoms with Crippen LogP contribution >= 0.6 is 0 Å². The average Bonchev–Trinajstić information content (AvgIpc) is 2.95. The van der Waals surface area contributed by atoms with E-state index in [0.717, 1.165) is 55.2 Å². The number of hydrogen-bond acceptors (Lipinski definition) is 6. The van der Waals surface area contributed by atoms with Crippen LogP contribution < -0.4 is 14.8 Å². The molecule has 11 heteroatoms. The number of aryl methyl sites for hydroxylation is 1. The number of carbonyl (C=O) groups excluding carboxylic acids is 1. The van der Waals surface area contributed by atoms with E-state index in [9.17, 15) is 27.5 Å². The molecule has 0 heterocycles. The SMILES string of the molecule is C=C=C.C=O.CN[C@@H]1CCCc2c(OCC(=O)O)cccc21.Cc1ccc(Oc2ccc(F)cc2O)c(C(F)(F)F)c1. The molecule has 0 amide bonds. The number of alkyl halides is 3. The van der Waals surface area contributed by atoms with Crippen LogP contribution in [-0.4, -0.2) is 36.6 Å². The fraction of sp³-hybridized carbons (Fsp3) is 0.258. The fourth-order valence-corrected chi connectivity index (χ4v) is 4.04. The quantitative estimate of drug-likeness (QED) is 0.206. The molecule has 3 aromatic carbocycles. The minimum atomic E-state index is -4.59. The molecule has 1 aliphatic carbocycles. The molecule has 0 fully saturated rings. The van der Waals surface area contributed by atoms with Crippen molar-refractivity contribution in [2.75, 3.05) is 13.7 Å². The van der Waals surface area contributed by atoms with Crippen LogP contribution in [0.25, 0.3) is 0 Å². The molecule has 0 bridgehead atoms. The summed E-state index contributed by atoms with van der Waals surface area (Å²) in [6.45, 7) is 9.50. The van der Waals surface area contributed by atoms with Gasteiger partial charge in [-0.15, -0.1) is 5.73 Å². The minimum absolute atomic E-state index is 0.249. The third kappa shape index (κ3) is 10.8. The molecule has 0 saturated carbocycles. The minimum Gasteiger partial charge on any atom is -0.504 e. The second-order valence-corrected chi connectivity index (χ2v) is 8.70. The van der Waals surface area contributed by atoms with Gasteiger partial charge < -0.3 is 29.8 Å². The van der Waals surface area contributed by atoms with Gasteiger partial charge in [-0.3, -0.25) is 0 Å². The van der Waals surface area contributed by atoms with Crippen molar-refractivity contribution in [3.05, 3.63) is 102 Å². The summed E-state index contributed by atoms with van der Waals surface area (Å²) in [5, 5.41) is 21.4. The molecule has 1 aliphatic rings. The molecule has 226 valence electrons. The molecule has 0 unspecified atom stereocenters. The first-order chi connectivity index (χ1) is 19.9. The number of aromatic hydroxyl groups is 1. The standard InChI is InChI=1S/C14H10F4O2.C13H17NO3.C3H4.CH2O/c1-8-2-4-12(10(6-8)14(16,17)18)20-13-5-3-9(15)7-11(13)19;1-14-11-6-2-5-10-9(11)4-3-7-12(10)17-8-13(15)16;1-3-2;1-2/h2-7,19H,1H3;3-4,7,11,14H,2,5-6,8H2,1H3,(H,15,16);1-2H2;1H2/t;11-;;/m.1../s1. The highest BCUT2D eigenvalue weighted by Gasteiger charge is 2.34. The van der Waals surface area contributed by atoms with Gasteiger partial charge in [0.25, 0.3) is 0 Å². The number of rotatable bonds is 6. The number of carbonyl (C=O) groups is 2. The van der Waals surface area contributed by atoms with Crippen molar-refractivity contribution in [3.63, 3.8) is 0 Å². The molecule has 1 atom stereocenters. The number of fused-ring (bicyclic) bond motifs is 1. The Hall–Kier alpha value is -4.60. The molecule has 42 heavy (non-hydrogen) atoms. The zero-order valence-electron chi connectivity index (χ0n) is 23.3. The summed E-state index contributed by atoms with van der Waals surface area (Å²) < 4.78 is 61.9. The van der Waals surface area contributed by atoms with Crippen LogP contribution in [0.4, 0.5) is 17.6 Å². The van der Waals surface area contributed by atoms with E-state index < -0.39 is 35.0 Å². The van der Waals surface area contributed by atoms with Crippen molar-refractivity contribution in [1.82, 2.24) is 5.32 Å². The Labute approximate surface area is 241 Å². The van der Waals surface area contributed by atoms with Crippen molar-refractivity contribution in [1.29, 1.82) is 0 Å². The first-order valence-corrected chi connectivity index (χ1v) is 12.5. The van der Waals surface area contributed by atoms with Crippen molar-refractivity contribution >= 4 is 12.8 Å². The highest BCUT2D eigenvalue weighted by Crippen LogP contribution is 2.40. The zero-order valence-corrected chi connectivity index (χ0v) is 23.3. The van der Waals surface area contributed by atoms with Gasteiger partial charge in [0.1, 0.15) is 24.1 Å². The average molecular weight is 592 g/mol. The Kier molecular flexibility index (Phi) is 14.6. The van der Waals surface area contributed by atoms with Crippen LogP contribution in [0, 0.1) is 12.7 Å². The van der Waals surface area contributed by atoms with Gasteiger partial charge in [0, 0.05) is 12.1 Å². The van der Waals surface area contributed by atoms with Gasteiger partial charge in [0.05, 0.1) is 5.56 Å². The Morgan fingerprint density at radius 2 is 1.71 bits per heavy atom. The normalized spacial score (nSPS) is 13.2. The lowest BCUT2D eigenvalue weighted by molar-refractivity contribution is -0.139. The van der Waals surface area contributed by atoms with E-state index in [1.807, 2.05) is 26.0 Å². The Bertz CT molecular complexity index is 1350. The molecule has 0 aromatic heterocycles. The summed E-state index contributed by atoms with van der Waals surface area (Å²) in [5.41, 5.74) is 4.11. The summed E-state index contributed by atoms with van der Waals surface area (Å²) in [6.07, 6.45) is -1.40. The van der Waals surface area contributed by atoms with Gasteiger partial charge in [0.2, 0.25) is 0 Å². The first kappa shape index (κ1) is 35.4. The molecule has 0 saturated heterocycles. The predicted molar refractivity (Wildman–Crippen MR) is 151 cm³/mol. The summed E-state index contributed by atoms with van der Waals surface area (Å²) in [4.78, 5) is 18.5. The van der Waals surface area contributed by atoms with E-state index in [1.165, 1.54) is 18.6 Å². The highest BCUT2D eigenvalue weighted by molar-refractivity contribution is 5.68. The van der Waals surface area contributed by atoms with E-state index in [4.69, 9.17) is 19.4 Å². The maximum absolute atomic E-state index is 12.9. The molecular weight excluding hydrogens is 558 g/mol. The predicted octanol–water partition coefficient (Wildman–Crippen LogP) is 7.17. The monoisotopic (exact) mass is 591 g/mol. The summed E-state index contributed by atoms with van der Waals surface area (Å²) in [7, 11) is 1.95. The van der Waals surface area contributed by atoms with Crippen molar-refractivity contribution in [2.24, 2.45) is 0 Å². The Balaban J connectivity index is 0.000000368. The van der Waals surface area contributed by atoms with Crippen molar-refractivity contribution in [3.8, 4) is 23.0 Å². The molecule has 0 spiro atoms.